The van der Waals surface area contributed by atoms with E-state index in [2.05, 4.69) is 15.9 Å². The number of carbonyl (C=O) groups excluding carboxylic acids is 4. The van der Waals surface area contributed by atoms with E-state index in [-0.39, 0.29) is 31.1 Å². The largest absolute Gasteiger partial charge is 0.274 e. The molecule has 0 spiro atoms. The third-order valence-corrected chi connectivity index (χ3v) is 4.14. The number of benzene rings is 1. The van der Waals surface area contributed by atoms with E-state index in [1.807, 2.05) is 0 Å². The second-order valence-electron chi connectivity index (χ2n) is 4.92. The fraction of sp³-hybridized carbons (Fsp3) is 0.286. The molecule has 0 aromatic heterocycles. The van der Waals surface area contributed by atoms with Gasteiger partial charge in [-0.1, -0.05) is 15.9 Å². The lowest BCUT2D eigenvalue weighted by atomic mass is 10.2. The summed E-state index contributed by atoms with van der Waals surface area (Å²) in [6.45, 7) is 0. The molecule has 6 nitrogen and oxygen atoms in total. The summed E-state index contributed by atoms with van der Waals surface area (Å²) in [5.41, 5.74) is 0.440. The zero-order valence-electron chi connectivity index (χ0n) is 10.9. The van der Waals surface area contributed by atoms with Gasteiger partial charge in [0.2, 0.25) is 17.7 Å². The summed E-state index contributed by atoms with van der Waals surface area (Å²) in [7, 11) is 0. The second-order valence-corrected chi connectivity index (χ2v) is 5.84. The fourth-order valence-corrected chi connectivity index (χ4v) is 2.88. The van der Waals surface area contributed by atoms with E-state index in [1.54, 1.807) is 24.3 Å². The highest BCUT2D eigenvalue weighted by Gasteiger charge is 2.48. The maximum Gasteiger partial charge on any atom is 0.257 e. The SMILES string of the molecule is O=C1CC(N2C(=O)CCC2=O)C(=O)N1c1ccc(Br)cc1. The quantitative estimate of drug-likeness (QED) is 0.752. The molecule has 108 valence electrons. The van der Waals surface area contributed by atoms with Crippen LogP contribution in [0.3, 0.4) is 0 Å². The molecule has 3 rings (SSSR count). The predicted octanol–water partition coefficient (Wildman–Crippen LogP) is 1.23. The van der Waals surface area contributed by atoms with E-state index >= 15 is 0 Å². The van der Waals surface area contributed by atoms with E-state index in [9.17, 15) is 19.2 Å². The number of amides is 4. The van der Waals surface area contributed by atoms with Crippen LogP contribution >= 0.6 is 15.9 Å². The highest BCUT2D eigenvalue weighted by molar-refractivity contribution is 9.10. The number of carbonyl (C=O) groups is 4. The molecule has 2 heterocycles. The first-order valence-corrected chi connectivity index (χ1v) is 7.25. The van der Waals surface area contributed by atoms with Crippen LogP contribution in [-0.4, -0.2) is 34.6 Å². The zero-order valence-corrected chi connectivity index (χ0v) is 12.5. The molecule has 1 aromatic carbocycles. The Morgan fingerprint density at radius 3 is 2.05 bits per heavy atom. The maximum atomic E-state index is 12.4. The van der Waals surface area contributed by atoms with Crippen molar-refractivity contribution >= 4 is 45.2 Å². The van der Waals surface area contributed by atoms with E-state index < -0.39 is 17.9 Å². The summed E-state index contributed by atoms with van der Waals surface area (Å²) in [5, 5.41) is 0. The first-order chi connectivity index (χ1) is 9.99. The lowest BCUT2D eigenvalue weighted by Crippen LogP contribution is -2.44. The maximum absolute atomic E-state index is 12.4. The van der Waals surface area contributed by atoms with E-state index in [0.29, 0.717) is 5.69 Å². The van der Waals surface area contributed by atoms with Crippen LogP contribution in [0, 0.1) is 0 Å². The standard InChI is InChI=1S/C14H11BrN2O4/c15-8-1-3-9(4-2-8)16-13(20)7-10(14(16)21)17-11(18)5-6-12(17)19/h1-4,10H,5-7H2. The molecule has 2 saturated heterocycles. The smallest absolute Gasteiger partial charge is 0.257 e. The van der Waals surface area contributed by atoms with E-state index in [4.69, 9.17) is 0 Å². The number of imide groups is 2. The minimum absolute atomic E-state index is 0.106. The lowest BCUT2D eigenvalue weighted by Gasteiger charge is -2.20. The molecular weight excluding hydrogens is 340 g/mol. The van der Waals surface area contributed by atoms with Crippen LogP contribution < -0.4 is 4.90 Å². The topological polar surface area (TPSA) is 74.8 Å². The molecule has 0 aliphatic carbocycles. The molecule has 21 heavy (non-hydrogen) atoms. The number of rotatable bonds is 2. The first-order valence-electron chi connectivity index (χ1n) is 6.46. The van der Waals surface area contributed by atoms with E-state index in [1.165, 1.54) is 0 Å². The molecule has 0 radical (unpaired) electrons. The molecule has 2 aliphatic heterocycles. The molecule has 0 N–H and O–H groups in total. The van der Waals surface area contributed by atoms with E-state index in [0.717, 1.165) is 14.3 Å². The Morgan fingerprint density at radius 2 is 1.48 bits per heavy atom. The molecule has 7 heteroatoms. The number of nitrogens with zero attached hydrogens (tertiary/aromatic N) is 2. The summed E-state index contributed by atoms with van der Waals surface area (Å²) in [4.78, 5) is 50.0. The molecule has 0 bridgehead atoms. The van der Waals surface area contributed by atoms with Gasteiger partial charge in [0.15, 0.2) is 0 Å². The molecule has 1 aromatic rings. The first kappa shape index (κ1) is 13.9. The molecule has 1 unspecified atom stereocenters. The van der Waals surface area contributed by atoms with Crippen LogP contribution in [0.2, 0.25) is 0 Å². The number of halogens is 1. The molecule has 0 saturated carbocycles. The van der Waals surface area contributed by atoms with Crippen LogP contribution in [-0.2, 0) is 19.2 Å². The van der Waals surface area contributed by atoms with Gasteiger partial charge in [-0.25, -0.2) is 4.90 Å². The van der Waals surface area contributed by atoms with Crippen molar-refractivity contribution in [2.45, 2.75) is 25.3 Å². The minimum atomic E-state index is -0.997. The van der Waals surface area contributed by atoms with Gasteiger partial charge in [-0.05, 0) is 24.3 Å². The number of hydrogen-bond donors (Lipinski definition) is 0. The van der Waals surface area contributed by atoms with Crippen molar-refractivity contribution in [1.82, 2.24) is 4.90 Å². The van der Waals surface area contributed by atoms with Crippen molar-refractivity contribution in [3.05, 3.63) is 28.7 Å². The molecule has 4 amide bonds. The number of anilines is 1. The van der Waals surface area contributed by atoms with Crippen molar-refractivity contribution in [2.24, 2.45) is 0 Å². The number of likely N-dealkylation sites (tertiary alicyclic amines) is 1. The van der Waals surface area contributed by atoms with Gasteiger partial charge in [-0.2, -0.15) is 0 Å². The van der Waals surface area contributed by atoms with Crippen LogP contribution in [0.4, 0.5) is 5.69 Å². The van der Waals surface area contributed by atoms with Crippen molar-refractivity contribution in [2.75, 3.05) is 4.90 Å². The molecule has 2 aliphatic rings. The van der Waals surface area contributed by atoms with Gasteiger partial charge in [0, 0.05) is 17.3 Å². The third-order valence-electron chi connectivity index (χ3n) is 3.61. The molecule has 2 fully saturated rings. The zero-order chi connectivity index (χ0) is 15.1. The number of hydrogen-bond acceptors (Lipinski definition) is 4. The highest BCUT2D eigenvalue weighted by atomic mass is 79.9. The Morgan fingerprint density at radius 1 is 0.905 bits per heavy atom. The van der Waals surface area contributed by atoms with Crippen LogP contribution in [0.15, 0.2) is 28.7 Å². The van der Waals surface area contributed by atoms with Crippen LogP contribution in [0.5, 0.6) is 0 Å². The van der Waals surface area contributed by atoms with Crippen molar-refractivity contribution in [1.29, 1.82) is 0 Å². The van der Waals surface area contributed by atoms with Gasteiger partial charge in [0.1, 0.15) is 6.04 Å². The molecule has 1 atom stereocenters. The van der Waals surface area contributed by atoms with Gasteiger partial charge < -0.3 is 0 Å². The van der Waals surface area contributed by atoms with Gasteiger partial charge in [-0.3, -0.25) is 24.1 Å². The average molecular weight is 351 g/mol. The average Bonchev–Trinajstić information content (AvgIpc) is 2.91. The summed E-state index contributed by atoms with van der Waals surface area (Å²) in [6.07, 6.45) is 0.0660. The summed E-state index contributed by atoms with van der Waals surface area (Å²) in [5.74, 6) is -1.70. The Labute approximate surface area is 128 Å². The Kier molecular flexibility index (Phi) is 3.36. The van der Waals surface area contributed by atoms with Crippen molar-refractivity contribution in [3.63, 3.8) is 0 Å². The Bertz CT molecular complexity index is 639. The summed E-state index contributed by atoms with van der Waals surface area (Å²) < 4.78 is 0.826. The summed E-state index contributed by atoms with van der Waals surface area (Å²) in [6, 6.07) is 5.71. The normalized spacial score (nSPS) is 22.6. The summed E-state index contributed by atoms with van der Waals surface area (Å²) >= 11 is 3.28. The van der Waals surface area contributed by atoms with Crippen molar-refractivity contribution < 1.29 is 19.2 Å². The Hall–Kier alpha value is -2.02. The molecular formula is C14H11BrN2O4. The highest BCUT2D eigenvalue weighted by Crippen LogP contribution is 2.29. The third kappa shape index (κ3) is 2.27. The predicted molar refractivity (Wildman–Crippen MR) is 76.1 cm³/mol. The van der Waals surface area contributed by atoms with Gasteiger partial charge >= 0.3 is 0 Å². The minimum Gasteiger partial charge on any atom is -0.274 e. The monoisotopic (exact) mass is 350 g/mol. The fourth-order valence-electron chi connectivity index (χ4n) is 2.62. The second kappa shape index (κ2) is 5.07. The van der Waals surface area contributed by atoms with Crippen molar-refractivity contribution in [3.8, 4) is 0 Å². The van der Waals surface area contributed by atoms with Crippen LogP contribution in [0.25, 0.3) is 0 Å². The van der Waals surface area contributed by atoms with Gasteiger partial charge in [-0.15, -0.1) is 0 Å². The lowest BCUT2D eigenvalue weighted by molar-refractivity contribution is -0.144. The van der Waals surface area contributed by atoms with Gasteiger partial charge in [0.25, 0.3) is 5.91 Å². The van der Waals surface area contributed by atoms with Gasteiger partial charge in [0.05, 0.1) is 12.1 Å². The Balaban J connectivity index is 1.90. The van der Waals surface area contributed by atoms with Crippen LogP contribution in [0.1, 0.15) is 19.3 Å².